The topological polar surface area (TPSA) is 21.3 Å². The van der Waals surface area contributed by atoms with Gasteiger partial charge in [0.2, 0.25) is 0 Å². The molecule has 0 aromatic heterocycles. The predicted octanol–water partition coefficient (Wildman–Crippen LogP) is 2.34. The maximum absolute atomic E-state index is 5.78. The molecule has 0 aliphatic carbocycles. The maximum Gasteiger partial charge on any atom is 0.125 e. The Bertz CT molecular complexity index is 360. The monoisotopic (exact) mass is 191 g/mol. The van der Waals surface area contributed by atoms with Crippen molar-refractivity contribution in [3.63, 3.8) is 0 Å². The number of benzene rings is 1. The quantitative estimate of drug-likeness (QED) is 0.735. The first kappa shape index (κ1) is 9.53. The predicted molar refractivity (Wildman–Crippen MR) is 57.8 cm³/mol. The number of likely N-dealkylation sites (N-methyl/N-ethyl adjacent to an activating group) is 1. The number of nitrogens with one attached hydrogen (secondary N) is 1. The lowest BCUT2D eigenvalue weighted by Gasteiger charge is -2.13. The van der Waals surface area contributed by atoms with Gasteiger partial charge in [-0.15, -0.1) is 0 Å². The highest BCUT2D eigenvalue weighted by Crippen LogP contribution is 2.37. The van der Waals surface area contributed by atoms with Crippen LogP contribution in [0.1, 0.15) is 29.7 Å². The average Bonchev–Trinajstić information content (AvgIpc) is 2.42. The largest absolute Gasteiger partial charge is 0.488 e. The van der Waals surface area contributed by atoms with Crippen LogP contribution in [0.2, 0.25) is 0 Å². The highest BCUT2D eigenvalue weighted by molar-refractivity contribution is 5.46. The van der Waals surface area contributed by atoms with Crippen LogP contribution in [0.4, 0.5) is 0 Å². The Labute approximate surface area is 85.3 Å². The van der Waals surface area contributed by atoms with E-state index in [0.29, 0.717) is 6.04 Å². The van der Waals surface area contributed by atoms with E-state index in [1.165, 1.54) is 16.7 Å². The molecule has 0 amide bonds. The summed E-state index contributed by atoms with van der Waals surface area (Å²) in [6.07, 6.45) is 0.233. The normalized spacial score (nSPS) is 24.6. The van der Waals surface area contributed by atoms with Crippen molar-refractivity contribution >= 4 is 0 Å². The fourth-order valence-electron chi connectivity index (χ4n) is 2.07. The second-order valence-electron chi connectivity index (χ2n) is 4.06. The molecule has 1 aliphatic heterocycles. The van der Waals surface area contributed by atoms with E-state index in [-0.39, 0.29) is 6.10 Å². The van der Waals surface area contributed by atoms with E-state index in [4.69, 9.17) is 4.74 Å². The second kappa shape index (κ2) is 3.28. The van der Waals surface area contributed by atoms with E-state index >= 15 is 0 Å². The molecule has 0 fully saturated rings. The molecule has 1 aromatic carbocycles. The van der Waals surface area contributed by atoms with Crippen LogP contribution in [0.5, 0.6) is 5.75 Å². The van der Waals surface area contributed by atoms with Crippen LogP contribution in [0.25, 0.3) is 0 Å². The molecule has 0 saturated carbocycles. The molecule has 2 rings (SSSR count). The van der Waals surface area contributed by atoms with Crippen LogP contribution < -0.4 is 10.1 Å². The van der Waals surface area contributed by atoms with Gasteiger partial charge in [0.15, 0.2) is 0 Å². The van der Waals surface area contributed by atoms with Crippen LogP contribution in [-0.2, 0) is 0 Å². The fourth-order valence-corrected chi connectivity index (χ4v) is 2.07. The molecule has 0 saturated heterocycles. The Balaban J connectivity index is 2.49. The van der Waals surface area contributed by atoms with Crippen LogP contribution in [0, 0.1) is 13.8 Å². The van der Waals surface area contributed by atoms with Gasteiger partial charge in [0.05, 0.1) is 6.04 Å². The molecule has 14 heavy (non-hydrogen) atoms. The highest BCUT2D eigenvalue weighted by Gasteiger charge is 2.30. The molecule has 0 spiro atoms. The average molecular weight is 191 g/mol. The molecular formula is C12H17NO. The smallest absolute Gasteiger partial charge is 0.125 e. The first-order valence-electron chi connectivity index (χ1n) is 5.08. The minimum Gasteiger partial charge on any atom is -0.488 e. The van der Waals surface area contributed by atoms with Gasteiger partial charge in [-0.2, -0.15) is 0 Å². The molecule has 1 heterocycles. The number of hydrogen-bond donors (Lipinski definition) is 1. The standard InChI is InChI=1S/C12H17NO/c1-7-5-10-11(6-8(7)2)14-9(3)12(10)13-4/h5-6,9,12-13H,1-4H3. The first-order chi connectivity index (χ1) is 6.63. The Kier molecular flexibility index (Phi) is 2.23. The van der Waals surface area contributed by atoms with Crippen molar-refractivity contribution in [3.8, 4) is 5.75 Å². The summed E-state index contributed by atoms with van der Waals surface area (Å²) in [5.41, 5.74) is 3.93. The van der Waals surface area contributed by atoms with Crippen LogP contribution in [0.15, 0.2) is 12.1 Å². The van der Waals surface area contributed by atoms with E-state index in [2.05, 4.69) is 38.2 Å². The third-order valence-corrected chi connectivity index (χ3v) is 3.05. The number of fused-ring (bicyclic) bond motifs is 1. The lowest BCUT2D eigenvalue weighted by atomic mass is 10.00. The molecule has 2 nitrogen and oxygen atoms in total. The van der Waals surface area contributed by atoms with Crippen LogP contribution in [0.3, 0.4) is 0 Å². The summed E-state index contributed by atoms with van der Waals surface area (Å²) in [5.74, 6) is 1.04. The number of hydrogen-bond acceptors (Lipinski definition) is 2. The van der Waals surface area contributed by atoms with Crippen molar-refractivity contribution in [2.75, 3.05) is 7.05 Å². The zero-order chi connectivity index (χ0) is 10.3. The maximum atomic E-state index is 5.78. The third-order valence-electron chi connectivity index (χ3n) is 3.05. The molecule has 1 aromatic rings. The van der Waals surface area contributed by atoms with E-state index in [1.54, 1.807) is 0 Å². The van der Waals surface area contributed by atoms with Gasteiger partial charge in [-0.05, 0) is 45.0 Å². The summed E-state index contributed by atoms with van der Waals surface area (Å²) in [6.45, 7) is 6.37. The number of rotatable bonds is 1. The van der Waals surface area contributed by atoms with Gasteiger partial charge in [0.1, 0.15) is 11.9 Å². The van der Waals surface area contributed by atoms with Gasteiger partial charge < -0.3 is 10.1 Å². The molecule has 0 bridgehead atoms. The van der Waals surface area contributed by atoms with Gasteiger partial charge in [0.25, 0.3) is 0 Å². The van der Waals surface area contributed by atoms with Crippen molar-refractivity contribution in [2.45, 2.75) is 32.9 Å². The van der Waals surface area contributed by atoms with E-state index in [9.17, 15) is 0 Å². The molecular weight excluding hydrogens is 174 g/mol. The van der Waals surface area contributed by atoms with Gasteiger partial charge in [-0.1, -0.05) is 6.07 Å². The SMILES string of the molecule is CNC1c2cc(C)c(C)cc2OC1C. The molecule has 2 heteroatoms. The number of aryl methyl sites for hydroxylation is 2. The molecule has 1 aliphatic rings. The van der Waals surface area contributed by atoms with Gasteiger partial charge >= 0.3 is 0 Å². The molecule has 0 radical (unpaired) electrons. The van der Waals surface area contributed by atoms with Crippen molar-refractivity contribution in [1.82, 2.24) is 5.32 Å². The number of ether oxygens (including phenoxy) is 1. The summed E-state index contributed by atoms with van der Waals surface area (Å²) in [4.78, 5) is 0. The van der Waals surface area contributed by atoms with Crippen LogP contribution in [-0.4, -0.2) is 13.2 Å². The van der Waals surface area contributed by atoms with E-state index in [1.807, 2.05) is 7.05 Å². The molecule has 1 N–H and O–H groups in total. The van der Waals surface area contributed by atoms with Gasteiger partial charge in [-0.3, -0.25) is 0 Å². The summed E-state index contributed by atoms with van der Waals surface area (Å²) in [7, 11) is 1.98. The third kappa shape index (κ3) is 1.30. The van der Waals surface area contributed by atoms with E-state index < -0.39 is 0 Å². The van der Waals surface area contributed by atoms with Crippen molar-refractivity contribution in [3.05, 3.63) is 28.8 Å². The Hall–Kier alpha value is -1.02. The molecule has 2 atom stereocenters. The van der Waals surface area contributed by atoms with E-state index in [0.717, 1.165) is 5.75 Å². The summed E-state index contributed by atoms with van der Waals surface area (Å²) in [5, 5.41) is 3.29. The highest BCUT2D eigenvalue weighted by atomic mass is 16.5. The zero-order valence-corrected chi connectivity index (χ0v) is 9.22. The lowest BCUT2D eigenvalue weighted by molar-refractivity contribution is 0.214. The van der Waals surface area contributed by atoms with Gasteiger partial charge in [0, 0.05) is 5.56 Å². The van der Waals surface area contributed by atoms with Crippen molar-refractivity contribution in [1.29, 1.82) is 0 Å². The minimum atomic E-state index is 0.233. The zero-order valence-electron chi connectivity index (χ0n) is 9.22. The fraction of sp³-hybridized carbons (Fsp3) is 0.500. The molecule has 76 valence electrons. The van der Waals surface area contributed by atoms with Crippen molar-refractivity contribution < 1.29 is 4.74 Å². The van der Waals surface area contributed by atoms with Crippen LogP contribution >= 0.6 is 0 Å². The lowest BCUT2D eigenvalue weighted by Crippen LogP contribution is -2.25. The summed E-state index contributed by atoms with van der Waals surface area (Å²) in [6, 6.07) is 4.71. The minimum absolute atomic E-state index is 0.233. The second-order valence-corrected chi connectivity index (χ2v) is 4.06. The first-order valence-corrected chi connectivity index (χ1v) is 5.08. The van der Waals surface area contributed by atoms with Crippen molar-refractivity contribution in [2.24, 2.45) is 0 Å². The molecule has 2 unspecified atom stereocenters. The Morgan fingerprint density at radius 3 is 2.50 bits per heavy atom. The summed E-state index contributed by atoms with van der Waals surface area (Å²) >= 11 is 0. The summed E-state index contributed by atoms with van der Waals surface area (Å²) < 4.78 is 5.78. The van der Waals surface area contributed by atoms with Gasteiger partial charge in [-0.25, -0.2) is 0 Å². The Morgan fingerprint density at radius 1 is 1.21 bits per heavy atom. The Morgan fingerprint density at radius 2 is 1.86 bits per heavy atom.